The Morgan fingerprint density at radius 3 is 2.55 bits per heavy atom. The topological polar surface area (TPSA) is 100 Å². The molecule has 160 valence electrons. The minimum absolute atomic E-state index is 0.160. The second kappa shape index (κ2) is 9.96. The predicted molar refractivity (Wildman–Crippen MR) is 119 cm³/mol. The number of nitrogens with zero attached hydrogens (tertiary/aromatic N) is 1. The first-order valence-corrected chi connectivity index (χ1v) is 11.0. The zero-order valence-electron chi connectivity index (χ0n) is 16.5. The van der Waals surface area contributed by atoms with Gasteiger partial charge in [0, 0.05) is 24.1 Å². The summed E-state index contributed by atoms with van der Waals surface area (Å²) in [6.45, 7) is 3.64. The third kappa shape index (κ3) is 6.46. The minimum Gasteiger partial charge on any atom is -0.339 e. The van der Waals surface area contributed by atoms with Gasteiger partial charge in [0.25, 0.3) is 5.91 Å². The zero-order valence-corrected chi connectivity index (χ0v) is 17.3. The highest BCUT2D eigenvalue weighted by atomic mass is 32.2. The van der Waals surface area contributed by atoms with Gasteiger partial charge >= 0.3 is 0 Å². The highest BCUT2D eigenvalue weighted by Crippen LogP contribution is 2.21. The summed E-state index contributed by atoms with van der Waals surface area (Å²) in [4.78, 5) is 16.9. The van der Waals surface area contributed by atoms with E-state index >= 15 is 0 Å². The second-order valence-electron chi connectivity index (χ2n) is 6.58. The number of anilines is 3. The van der Waals surface area contributed by atoms with Crippen molar-refractivity contribution in [3.8, 4) is 0 Å². The molecule has 1 amide bonds. The molecule has 3 aromatic rings. The molecule has 31 heavy (non-hydrogen) atoms. The summed E-state index contributed by atoms with van der Waals surface area (Å²) < 4.78 is 39.7. The molecule has 0 aliphatic heterocycles. The fourth-order valence-corrected chi connectivity index (χ4v) is 3.84. The average molecular weight is 441 g/mol. The molecule has 0 bridgehead atoms. The molecule has 0 aliphatic rings. The number of rotatable bonds is 9. The van der Waals surface area contributed by atoms with Crippen molar-refractivity contribution in [3.63, 3.8) is 0 Å². The van der Waals surface area contributed by atoms with Crippen molar-refractivity contribution in [1.82, 2.24) is 9.71 Å². The van der Waals surface area contributed by atoms with Gasteiger partial charge < -0.3 is 10.6 Å². The first-order valence-electron chi connectivity index (χ1n) is 9.32. The number of amides is 1. The standard InChI is InChI=1S/C22H21FN4O3S/c1-2-12-25-31(29,30)15-16-8-10-18(11-9-16)27-22(28)20-7-4-13-24-21(20)26-19-6-3-5-17(23)14-19/h2-11,13-14,25H,1,12,15H2,(H,24,26)(H,27,28). The van der Waals surface area contributed by atoms with E-state index in [0.717, 1.165) is 0 Å². The summed E-state index contributed by atoms with van der Waals surface area (Å²) in [5.41, 5.74) is 1.80. The molecule has 0 spiro atoms. The summed E-state index contributed by atoms with van der Waals surface area (Å²) in [6, 6.07) is 15.5. The molecule has 9 heteroatoms. The van der Waals surface area contributed by atoms with Crippen LogP contribution in [0.15, 0.2) is 79.5 Å². The molecule has 0 fully saturated rings. The number of sulfonamides is 1. The van der Waals surface area contributed by atoms with Crippen LogP contribution < -0.4 is 15.4 Å². The van der Waals surface area contributed by atoms with Crippen molar-refractivity contribution < 1.29 is 17.6 Å². The normalized spacial score (nSPS) is 11.0. The minimum atomic E-state index is -3.47. The van der Waals surface area contributed by atoms with Crippen molar-refractivity contribution in [2.75, 3.05) is 17.2 Å². The summed E-state index contributed by atoms with van der Waals surface area (Å²) in [5.74, 6) is -0.727. The molecule has 2 aromatic carbocycles. The number of carbonyl (C=O) groups excluding carboxylic acids is 1. The third-order valence-electron chi connectivity index (χ3n) is 4.16. The molecule has 0 atom stereocenters. The monoisotopic (exact) mass is 440 g/mol. The Balaban J connectivity index is 1.70. The first-order chi connectivity index (χ1) is 14.9. The van der Waals surface area contributed by atoms with Gasteiger partial charge in [-0.3, -0.25) is 4.79 Å². The average Bonchev–Trinajstić information content (AvgIpc) is 2.74. The van der Waals surface area contributed by atoms with Gasteiger partial charge in [-0.15, -0.1) is 6.58 Å². The van der Waals surface area contributed by atoms with E-state index in [0.29, 0.717) is 16.9 Å². The molecular weight excluding hydrogens is 419 g/mol. The maximum atomic E-state index is 13.4. The van der Waals surface area contributed by atoms with Crippen LogP contribution in [-0.2, 0) is 15.8 Å². The zero-order chi connectivity index (χ0) is 22.3. The summed E-state index contributed by atoms with van der Waals surface area (Å²) in [6.07, 6.45) is 2.99. The lowest BCUT2D eigenvalue weighted by molar-refractivity contribution is 0.102. The molecule has 0 radical (unpaired) electrons. The van der Waals surface area contributed by atoms with Crippen LogP contribution in [0.3, 0.4) is 0 Å². The summed E-state index contributed by atoms with van der Waals surface area (Å²) >= 11 is 0. The van der Waals surface area contributed by atoms with Gasteiger partial charge in [-0.05, 0) is 48.0 Å². The van der Waals surface area contributed by atoms with Crippen LogP contribution in [0.25, 0.3) is 0 Å². The number of benzene rings is 2. The van der Waals surface area contributed by atoms with Crippen LogP contribution in [-0.4, -0.2) is 25.9 Å². The SMILES string of the molecule is C=CCNS(=O)(=O)Cc1ccc(NC(=O)c2cccnc2Nc2cccc(F)c2)cc1. The lowest BCUT2D eigenvalue weighted by Crippen LogP contribution is -2.25. The van der Waals surface area contributed by atoms with Crippen LogP contribution >= 0.6 is 0 Å². The Morgan fingerprint density at radius 1 is 1.06 bits per heavy atom. The smallest absolute Gasteiger partial charge is 0.259 e. The van der Waals surface area contributed by atoms with Crippen LogP contribution in [0.1, 0.15) is 15.9 Å². The Kier molecular flexibility index (Phi) is 7.11. The van der Waals surface area contributed by atoms with E-state index in [2.05, 4.69) is 26.9 Å². The van der Waals surface area contributed by atoms with Crippen molar-refractivity contribution >= 4 is 33.1 Å². The Labute approximate surface area is 180 Å². The number of hydrogen-bond acceptors (Lipinski definition) is 5. The molecule has 1 heterocycles. The largest absolute Gasteiger partial charge is 0.339 e. The molecule has 1 aromatic heterocycles. The van der Waals surface area contributed by atoms with Gasteiger partial charge in [-0.25, -0.2) is 22.5 Å². The molecule has 0 unspecified atom stereocenters. The summed E-state index contributed by atoms with van der Waals surface area (Å²) in [7, 11) is -3.47. The van der Waals surface area contributed by atoms with Crippen LogP contribution in [0.5, 0.6) is 0 Å². The third-order valence-corrected chi connectivity index (χ3v) is 5.48. The predicted octanol–water partition coefficient (Wildman–Crippen LogP) is 3.82. The van der Waals surface area contributed by atoms with Crippen LogP contribution in [0, 0.1) is 5.82 Å². The van der Waals surface area contributed by atoms with Gasteiger partial charge in [0.2, 0.25) is 10.0 Å². The van der Waals surface area contributed by atoms with Gasteiger partial charge in [-0.2, -0.15) is 0 Å². The van der Waals surface area contributed by atoms with Crippen molar-refractivity contribution in [2.24, 2.45) is 0 Å². The Hall–Kier alpha value is -3.56. The molecule has 7 nitrogen and oxygen atoms in total. The molecule has 0 saturated carbocycles. The van der Waals surface area contributed by atoms with E-state index in [-0.39, 0.29) is 23.7 Å². The van der Waals surface area contributed by atoms with Crippen molar-refractivity contribution in [3.05, 3.63) is 96.5 Å². The number of halogens is 1. The van der Waals surface area contributed by atoms with Crippen LogP contribution in [0.4, 0.5) is 21.6 Å². The van der Waals surface area contributed by atoms with Gasteiger partial charge in [0.05, 0.1) is 11.3 Å². The number of nitrogens with one attached hydrogen (secondary N) is 3. The van der Waals surface area contributed by atoms with E-state index in [1.165, 1.54) is 24.4 Å². The fourth-order valence-electron chi connectivity index (χ4n) is 2.73. The molecule has 3 rings (SSSR count). The van der Waals surface area contributed by atoms with E-state index in [1.54, 1.807) is 48.5 Å². The highest BCUT2D eigenvalue weighted by molar-refractivity contribution is 7.88. The number of carbonyl (C=O) groups is 1. The number of pyridine rings is 1. The number of hydrogen-bond donors (Lipinski definition) is 3. The van der Waals surface area contributed by atoms with E-state index in [9.17, 15) is 17.6 Å². The quantitative estimate of drug-likeness (QED) is 0.439. The highest BCUT2D eigenvalue weighted by Gasteiger charge is 2.14. The lowest BCUT2D eigenvalue weighted by atomic mass is 10.2. The second-order valence-corrected chi connectivity index (χ2v) is 8.39. The van der Waals surface area contributed by atoms with Gasteiger partial charge in [-0.1, -0.05) is 24.3 Å². The van der Waals surface area contributed by atoms with E-state index in [4.69, 9.17) is 0 Å². The maximum absolute atomic E-state index is 13.4. The summed E-state index contributed by atoms with van der Waals surface area (Å²) in [5, 5.41) is 5.69. The fraction of sp³-hybridized carbons (Fsp3) is 0.0909. The van der Waals surface area contributed by atoms with E-state index in [1.807, 2.05) is 0 Å². The Bertz CT molecular complexity index is 1180. The number of aromatic nitrogens is 1. The van der Waals surface area contributed by atoms with Crippen molar-refractivity contribution in [2.45, 2.75) is 5.75 Å². The van der Waals surface area contributed by atoms with Crippen LogP contribution in [0.2, 0.25) is 0 Å². The molecular formula is C22H21FN4O3S. The molecule has 3 N–H and O–H groups in total. The van der Waals surface area contributed by atoms with Gasteiger partial charge in [0.1, 0.15) is 11.6 Å². The Morgan fingerprint density at radius 2 is 1.84 bits per heavy atom. The maximum Gasteiger partial charge on any atom is 0.259 e. The van der Waals surface area contributed by atoms with Crippen molar-refractivity contribution in [1.29, 1.82) is 0 Å². The first kappa shape index (κ1) is 22.1. The van der Waals surface area contributed by atoms with E-state index < -0.39 is 21.7 Å². The van der Waals surface area contributed by atoms with Gasteiger partial charge in [0.15, 0.2) is 0 Å². The lowest BCUT2D eigenvalue weighted by Gasteiger charge is -2.12. The molecule has 0 aliphatic carbocycles. The molecule has 0 saturated heterocycles.